The van der Waals surface area contributed by atoms with E-state index in [2.05, 4.69) is 15.9 Å². The Labute approximate surface area is 116 Å². The van der Waals surface area contributed by atoms with Crippen LogP contribution in [-0.2, 0) is 0 Å². The van der Waals surface area contributed by atoms with E-state index in [1.54, 1.807) is 0 Å². The molecule has 0 heterocycles. The lowest BCUT2D eigenvalue weighted by molar-refractivity contribution is 0.00626. The fourth-order valence-electron chi connectivity index (χ4n) is 2.36. The number of benzene rings is 1. The minimum absolute atomic E-state index is 0.0850. The van der Waals surface area contributed by atoms with Crippen LogP contribution in [-0.4, -0.2) is 17.3 Å². The van der Waals surface area contributed by atoms with E-state index in [9.17, 15) is 5.11 Å². The van der Waals surface area contributed by atoms with Crippen molar-refractivity contribution < 1.29 is 9.84 Å². The van der Waals surface area contributed by atoms with Gasteiger partial charge in [0.1, 0.15) is 11.9 Å². The number of hydrogen-bond donors (Lipinski definition) is 2. The van der Waals surface area contributed by atoms with Crippen LogP contribution in [0.3, 0.4) is 0 Å². The Hall–Kier alpha value is -0.580. The molecule has 1 aromatic carbocycles. The molecular formula is C14H20BrNO2. The van der Waals surface area contributed by atoms with Crippen LogP contribution in [0, 0.1) is 0 Å². The molecule has 3 N–H and O–H groups in total. The van der Waals surface area contributed by atoms with E-state index in [-0.39, 0.29) is 18.2 Å². The molecule has 18 heavy (non-hydrogen) atoms. The molecule has 3 atom stereocenters. The molecule has 0 saturated heterocycles. The van der Waals surface area contributed by atoms with Gasteiger partial charge in [0.15, 0.2) is 0 Å². The maximum absolute atomic E-state index is 9.95. The highest BCUT2D eigenvalue weighted by atomic mass is 79.9. The lowest BCUT2D eigenvalue weighted by Gasteiger charge is -2.29. The predicted octanol–water partition coefficient (Wildman–Crippen LogP) is 3.15. The molecule has 100 valence electrons. The van der Waals surface area contributed by atoms with Gasteiger partial charge >= 0.3 is 0 Å². The summed E-state index contributed by atoms with van der Waals surface area (Å²) in [6.07, 6.45) is 3.48. The summed E-state index contributed by atoms with van der Waals surface area (Å²) in [5, 5.41) is 9.95. The Morgan fingerprint density at radius 3 is 2.78 bits per heavy atom. The standard InChI is InChI=1S/C14H20BrNO2/c1-9(16)11-8-10(15)6-7-13(11)18-14-5-3-2-4-12(14)17/h6-9,12,14,17H,2-5,16H2,1H3/t9-,12?,14?/m0/s1. The van der Waals surface area contributed by atoms with Gasteiger partial charge in [0.25, 0.3) is 0 Å². The first-order chi connectivity index (χ1) is 8.58. The average Bonchev–Trinajstić information content (AvgIpc) is 2.34. The number of halogens is 1. The van der Waals surface area contributed by atoms with Crippen molar-refractivity contribution in [2.24, 2.45) is 5.73 Å². The molecule has 2 unspecified atom stereocenters. The molecule has 1 aromatic rings. The van der Waals surface area contributed by atoms with E-state index in [0.717, 1.165) is 41.5 Å². The van der Waals surface area contributed by atoms with E-state index in [4.69, 9.17) is 10.5 Å². The van der Waals surface area contributed by atoms with Gasteiger partial charge in [-0.3, -0.25) is 0 Å². The molecule has 0 spiro atoms. The van der Waals surface area contributed by atoms with Crippen molar-refractivity contribution >= 4 is 15.9 Å². The molecule has 4 heteroatoms. The molecule has 0 radical (unpaired) electrons. The normalized spacial score (nSPS) is 25.8. The first kappa shape index (κ1) is 13.8. The predicted molar refractivity (Wildman–Crippen MR) is 75.6 cm³/mol. The summed E-state index contributed by atoms with van der Waals surface area (Å²) >= 11 is 3.44. The van der Waals surface area contributed by atoms with Crippen molar-refractivity contribution in [1.29, 1.82) is 0 Å². The third kappa shape index (κ3) is 3.25. The summed E-state index contributed by atoms with van der Waals surface area (Å²) in [7, 11) is 0. The first-order valence-corrected chi connectivity index (χ1v) is 7.27. The van der Waals surface area contributed by atoms with Crippen LogP contribution < -0.4 is 10.5 Å². The number of aliphatic hydroxyl groups is 1. The Balaban J connectivity index is 2.17. The van der Waals surface area contributed by atoms with Gasteiger partial charge in [-0.25, -0.2) is 0 Å². The van der Waals surface area contributed by atoms with Gasteiger partial charge < -0.3 is 15.6 Å². The summed E-state index contributed by atoms with van der Waals surface area (Å²) in [4.78, 5) is 0. The molecule has 1 saturated carbocycles. The number of aliphatic hydroxyl groups excluding tert-OH is 1. The quantitative estimate of drug-likeness (QED) is 0.901. The van der Waals surface area contributed by atoms with Crippen LogP contribution in [0.1, 0.15) is 44.2 Å². The maximum atomic E-state index is 9.95. The minimum Gasteiger partial charge on any atom is -0.487 e. The lowest BCUT2D eigenvalue weighted by atomic mass is 9.94. The van der Waals surface area contributed by atoms with Gasteiger partial charge in [-0.05, 0) is 44.4 Å². The topological polar surface area (TPSA) is 55.5 Å². The molecule has 1 aliphatic carbocycles. The number of rotatable bonds is 3. The largest absolute Gasteiger partial charge is 0.487 e. The maximum Gasteiger partial charge on any atom is 0.124 e. The zero-order valence-electron chi connectivity index (χ0n) is 10.6. The van der Waals surface area contributed by atoms with Crippen LogP contribution >= 0.6 is 15.9 Å². The van der Waals surface area contributed by atoms with E-state index < -0.39 is 0 Å². The number of nitrogens with two attached hydrogens (primary N) is 1. The molecule has 1 aliphatic rings. The van der Waals surface area contributed by atoms with Gasteiger partial charge in [-0.1, -0.05) is 22.4 Å². The third-order valence-corrected chi connectivity index (χ3v) is 3.90. The van der Waals surface area contributed by atoms with Crippen LogP contribution in [0.5, 0.6) is 5.75 Å². The van der Waals surface area contributed by atoms with Crippen molar-refractivity contribution in [3.05, 3.63) is 28.2 Å². The summed E-state index contributed by atoms with van der Waals surface area (Å²) in [5.74, 6) is 0.791. The fourth-order valence-corrected chi connectivity index (χ4v) is 2.74. The molecule has 0 amide bonds. The first-order valence-electron chi connectivity index (χ1n) is 6.47. The number of hydrogen-bond acceptors (Lipinski definition) is 3. The Bertz CT molecular complexity index is 409. The lowest BCUT2D eigenvalue weighted by Crippen LogP contribution is -2.35. The van der Waals surface area contributed by atoms with Crippen molar-refractivity contribution in [2.75, 3.05) is 0 Å². The number of ether oxygens (including phenoxy) is 1. The Morgan fingerprint density at radius 2 is 2.11 bits per heavy atom. The SMILES string of the molecule is C[C@H](N)c1cc(Br)ccc1OC1CCCCC1O. The van der Waals surface area contributed by atoms with Crippen molar-refractivity contribution in [2.45, 2.75) is 50.9 Å². The summed E-state index contributed by atoms with van der Waals surface area (Å²) in [6.45, 7) is 1.94. The summed E-state index contributed by atoms with van der Waals surface area (Å²) in [6, 6.07) is 5.76. The highest BCUT2D eigenvalue weighted by Crippen LogP contribution is 2.31. The van der Waals surface area contributed by atoms with Gasteiger partial charge in [0.2, 0.25) is 0 Å². The van der Waals surface area contributed by atoms with Crippen molar-refractivity contribution in [3.8, 4) is 5.75 Å². The Morgan fingerprint density at radius 1 is 1.39 bits per heavy atom. The molecule has 0 aliphatic heterocycles. The van der Waals surface area contributed by atoms with Crippen molar-refractivity contribution in [3.63, 3.8) is 0 Å². The van der Waals surface area contributed by atoms with Crippen LogP contribution in [0.25, 0.3) is 0 Å². The molecular weight excluding hydrogens is 294 g/mol. The van der Waals surface area contributed by atoms with Crippen LogP contribution in [0.4, 0.5) is 0 Å². The molecule has 1 fully saturated rings. The van der Waals surface area contributed by atoms with E-state index in [1.165, 1.54) is 0 Å². The highest BCUT2D eigenvalue weighted by molar-refractivity contribution is 9.10. The molecule has 2 rings (SSSR count). The van der Waals surface area contributed by atoms with Gasteiger partial charge in [0, 0.05) is 16.1 Å². The van der Waals surface area contributed by atoms with Gasteiger partial charge in [-0.15, -0.1) is 0 Å². The second kappa shape index (κ2) is 6.04. The van der Waals surface area contributed by atoms with Gasteiger partial charge in [0.05, 0.1) is 6.10 Å². The molecule has 3 nitrogen and oxygen atoms in total. The molecule has 0 bridgehead atoms. The second-order valence-electron chi connectivity index (χ2n) is 4.98. The molecule has 0 aromatic heterocycles. The summed E-state index contributed by atoms with van der Waals surface area (Å²) in [5.41, 5.74) is 6.93. The summed E-state index contributed by atoms with van der Waals surface area (Å²) < 4.78 is 6.96. The van der Waals surface area contributed by atoms with Gasteiger partial charge in [-0.2, -0.15) is 0 Å². The van der Waals surface area contributed by atoms with Crippen LogP contribution in [0.15, 0.2) is 22.7 Å². The minimum atomic E-state index is -0.358. The second-order valence-corrected chi connectivity index (χ2v) is 5.89. The monoisotopic (exact) mass is 313 g/mol. The highest BCUT2D eigenvalue weighted by Gasteiger charge is 2.25. The van der Waals surface area contributed by atoms with Crippen LogP contribution in [0.2, 0.25) is 0 Å². The van der Waals surface area contributed by atoms with E-state index >= 15 is 0 Å². The third-order valence-electron chi connectivity index (χ3n) is 3.41. The Kier molecular flexibility index (Phi) is 4.65. The smallest absolute Gasteiger partial charge is 0.124 e. The van der Waals surface area contributed by atoms with Crippen molar-refractivity contribution in [1.82, 2.24) is 0 Å². The average molecular weight is 314 g/mol. The van der Waals surface area contributed by atoms with E-state index in [0.29, 0.717) is 0 Å². The zero-order valence-corrected chi connectivity index (χ0v) is 12.2. The fraction of sp³-hybridized carbons (Fsp3) is 0.571. The zero-order chi connectivity index (χ0) is 13.1. The van der Waals surface area contributed by atoms with E-state index in [1.807, 2.05) is 25.1 Å².